The SMILES string of the molecule is COc1ccc(CCNC(=O)CCc2nnc(-c3ccc(C)cc3)[nH]c2=O)cc1. The van der Waals surface area contributed by atoms with Gasteiger partial charge >= 0.3 is 0 Å². The summed E-state index contributed by atoms with van der Waals surface area (Å²) in [5.41, 5.74) is 2.97. The van der Waals surface area contributed by atoms with Crippen molar-refractivity contribution in [3.05, 3.63) is 75.7 Å². The van der Waals surface area contributed by atoms with Crippen LogP contribution in [0.2, 0.25) is 0 Å². The van der Waals surface area contributed by atoms with E-state index in [1.807, 2.05) is 55.5 Å². The minimum Gasteiger partial charge on any atom is -0.497 e. The molecule has 2 N–H and O–H groups in total. The number of nitrogens with zero attached hydrogens (tertiary/aromatic N) is 2. The minimum atomic E-state index is -0.318. The molecule has 0 bridgehead atoms. The van der Waals surface area contributed by atoms with Crippen molar-refractivity contribution in [2.24, 2.45) is 0 Å². The molecule has 0 saturated carbocycles. The lowest BCUT2D eigenvalue weighted by Crippen LogP contribution is -2.27. The Balaban J connectivity index is 1.48. The number of carbonyl (C=O) groups is 1. The van der Waals surface area contributed by atoms with Crippen LogP contribution in [0.1, 0.15) is 23.2 Å². The van der Waals surface area contributed by atoms with Crippen molar-refractivity contribution in [2.75, 3.05) is 13.7 Å². The summed E-state index contributed by atoms with van der Waals surface area (Å²) >= 11 is 0. The number of H-pyrrole nitrogens is 1. The van der Waals surface area contributed by atoms with Gasteiger partial charge in [0, 0.05) is 24.9 Å². The van der Waals surface area contributed by atoms with Crippen LogP contribution >= 0.6 is 0 Å². The maximum Gasteiger partial charge on any atom is 0.273 e. The molecule has 0 spiro atoms. The van der Waals surface area contributed by atoms with Crippen LogP contribution in [0.3, 0.4) is 0 Å². The third kappa shape index (κ3) is 5.75. The second-order valence-electron chi connectivity index (χ2n) is 6.76. The zero-order chi connectivity index (χ0) is 20.6. The molecule has 150 valence electrons. The van der Waals surface area contributed by atoms with Crippen LogP contribution in [0.5, 0.6) is 5.75 Å². The first-order valence-corrected chi connectivity index (χ1v) is 9.47. The molecule has 0 fully saturated rings. The molecule has 3 aromatic rings. The molecule has 0 aliphatic rings. The molecule has 7 nitrogen and oxygen atoms in total. The summed E-state index contributed by atoms with van der Waals surface area (Å²) < 4.78 is 5.12. The molecule has 7 heteroatoms. The van der Waals surface area contributed by atoms with E-state index in [2.05, 4.69) is 20.5 Å². The van der Waals surface area contributed by atoms with Crippen LogP contribution in [0.15, 0.2) is 53.3 Å². The summed E-state index contributed by atoms with van der Waals surface area (Å²) in [5, 5.41) is 11.0. The van der Waals surface area contributed by atoms with E-state index in [1.54, 1.807) is 7.11 Å². The first-order chi connectivity index (χ1) is 14.0. The standard InChI is InChI=1S/C22H24N4O3/c1-15-3-7-17(8-4-15)21-24-22(28)19(25-26-21)11-12-20(27)23-14-13-16-5-9-18(29-2)10-6-16/h3-10H,11-14H2,1-2H3,(H,23,27)(H,24,26,28). The maximum atomic E-state index is 12.2. The van der Waals surface area contributed by atoms with Crippen molar-refractivity contribution in [3.63, 3.8) is 0 Å². The summed E-state index contributed by atoms with van der Waals surface area (Å²) in [6.07, 6.45) is 1.15. The van der Waals surface area contributed by atoms with Crippen LogP contribution in [0.4, 0.5) is 0 Å². The van der Waals surface area contributed by atoms with Crippen LogP contribution in [-0.4, -0.2) is 34.7 Å². The number of nitrogens with one attached hydrogen (secondary N) is 2. The second-order valence-corrected chi connectivity index (χ2v) is 6.76. The second kappa shape index (κ2) is 9.64. The number of rotatable bonds is 8. The fraction of sp³-hybridized carbons (Fsp3) is 0.273. The van der Waals surface area contributed by atoms with Gasteiger partial charge in [-0.05, 0) is 31.0 Å². The molecule has 0 radical (unpaired) electrons. The smallest absolute Gasteiger partial charge is 0.273 e. The lowest BCUT2D eigenvalue weighted by Gasteiger charge is -2.06. The van der Waals surface area contributed by atoms with Gasteiger partial charge in [-0.3, -0.25) is 9.59 Å². The molecule has 0 aliphatic heterocycles. The van der Waals surface area contributed by atoms with Crippen molar-refractivity contribution in [1.82, 2.24) is 20.5 Å². The number of aryl methyl sites for hydroxylation is 2. The van der Waals surface area contributed by atoms with E-state index < -0.39 is 0 Å². The molecule has 1 heterocycles. The molecular weight excluding hydrogens is 368 g/mol. The van der Waals surface area contributed by atoms with Gasteiger partial charge in [0.05, 0.1) is 7.11 Å². The van der Waals surface area contributed by atoms with Crippen molar-refractivity contribution in [1.29, 1.82) is 0 Å². The Labute approximate surface area is 169 Å². The van der Waals surface area contributed by atoms with Gasteiger partial charge in [-0.1, -0.05) is 42.0 Å². The Morgan fingerprint density at radius 1 is 1.03 bits per heavy atom. The van der Waals surface area contributed by atoms with E-state index in [9.17, 15) is 9.59 Å². The molecule has 1 amide bonds. The molecular formula is C22H24N4O3. The number of carbonyl (C=O) groups excluding carboxylic acids is 1. The highest BCUT2D eigenvalue weighted by Gasteiger charge is 2.09. The van der Waals surface area contributed by atoms with Crippen LogP contribution in [0.25, 0.3) is 11.4 Å². The Morgan fingerprint density at radius 3 is 2.41 bits per heavy atom. The van der Waals surface area contributed by atoms with E-state index in [4.69, 9.17) is 4.74 Å². The largest absolute Gasteiger partial charge is 0.497 e. The number of hydrogen-bond donors (Lipinski definition) is 2. The van der Waals surface area contributed by atoms with E-state index in [-0.39, 0.29) is 30.0 Å². The Kier molecular flexibility index (Phi) is 6.73. The van der Waals surface area contributed by atoms with Crippen molar-refractivity contribution >= 4 is 5.91 Å². The van der Waals surface area contributed by atoms with E-state index in [0.717, 1.165) is 28.9 Å². The average Bonchev–Trinajstić information content (AvgIpc) is 2.74. The number of benzene rings is 2. The third-order valence-corrected chi connectivity index (χ3v) is 4.57. The van der Waals surface area contributed by atoms with Gasteiger partial charge < -0.3 is 15.0 Å². The molecule has 1 aromatic heterocycles. The third-order valence-electron chi connectivity index (χ3n) is 4.57. The first-order valence-electron chi connectivity index (χ1n) is 9.47. The van der Waals surface area contributed by atoms with Crippen molar-refractivity contribution in [2.45, 2.75) is 26.2 Å². The van der Waals surface area contributed by atoms with Gasteiger partial charge in [0.2, 0.25) is 5.91 Å². The monoisotopic (exact) mass is 392 g/mol. The first kappa shape index (κ1) is 20.3. The lowest BCUT2D eigenvalue weighted by molar-refractivity contribution is -0.121. The van der Waals surface area contributed by atoms with Gasteiger partial charge in [0.25, 0.3) is 5.56 Å². The van der Waals surface area contributed by atoms with E-state index in [0.29, 0.717) is 12.4 Å². The fourth-order valence-electron chi connectivity index (χ4n) is 2.82. The van der Waals surface area contributed by atoms with E-state index >= 15 is 0 Å². The number of methoxy groups -OCH3 is 1. The predicted molar refractivity (Wildman–Crippen MR) is 111 cm³/mol. The summed E-state index contributed by atoms with van der Waals surface area (Å²) in [4.78, 5) is 27.0. The van der Waals surface area contributed by atoms with Gasteiger partial charge in [-0.25, -0.2) is 0 Å². The van der Waals surface area contributed by atoms with Crippen molar-refractivity contribution < 1.29 is 9.53 Å². The van der Waals surface area contributed by atoms with E-state index in [1.165, 1.54) is 0 Å². The number of hydrogen-bond acceptors (Lipinski definition) is 5. The van der Waals surface area contributed by atoms with Gasteiger partial charge in [-0.2, -0.15) is 0 Å². The summed E-state index contributed by atoms with van der Waals surface area (Å²) in [6, 6.07) is 15.4. The quantitative estimate of drug-likeness (QED) is 0.614. The number of aromatic amines is 1. The molecule has 3 rings (SSSR count). The maximum absolute atomic E-state index is 12.2. The van der Waals surface area contributed by atoms with Crippen LogP contribution < -0.4 is 15.6 Å². The zero-order valence-electron chi connectivity index (χ0n) is 16.6. The Bertz CT molecular complexity index is 1010. The molecule has 29 heavy (non-hydrogen) atoms. The Morgan fingerprint density at radius 2 is 1.76 bits per heavy atom. The van der Waals surface area contributed by atoms with Gasteiger partial charge in [0.1, 0.15) is 11.4 Å². The predicted octanol–water partition coefficient (Wildman–Crippen LogP) is 2.44. The highest BCUT2D eigenvalue weighted by molar-refractivity contribution is 5.76. The zero-order valence-corrected chi connectivity index (χ0v) is 16.6. The molecule has 0 aliphatic carbocycles. The number of ether oxygens (including phenoxy) is 1. The normalized spacial score (nSPS) is 10.6. The molecule has 0 atom stereocenters. The van der Waals surface area contributed by atoms with Crippen molar-refractivity contribution in [3.8, 4) is 17.1 Å². The fourth-order valence-corrected chi connectivity index (χ4v) is 2.82. The van der Waals surface area contributed by atoms with Gasteiger partial charge in [0.15, 0.2) is 5.82 Å². The van der Waals surface area contributed by atoms with Gasteiger partial charge in [-0.15, -0.1) is 10.2 Å². The van der Waals surface area contributed by atoms with Crippen LogP contribution in [-0.2, 0) is 17.6 Å². The molecule has 0 saturated heterocycles. The van der Waals surface area contributed by atoms with Crippen LogP contribution in [0, 0.1) is 6.92 Å². The number of amides is 1. The minimum absolute atomic E-state index is 0.123. The number of aromatic nitrogens is 3. The lowest BCUT2D eigenvalue weighted by atomic mass is 10.1. The molecule has 0 unspecified atom stereocenters. The summed E-state index contributed by atoms with van der Waals surface area (Å²) in [5.74, 6) is 1.10. The summed E-state index contributed by atoms with van der Waals surface area (Å²) in [6.45, 7) is 2.52. The Hall–Kier alpha value is -3.48. The average molecular weight is 392 g/mol. The molecule has 2 aromatic carbocycles. The topological polar surface area (TPSA) is 97.0 Å². The summed E-state index contributed by atoms with van der Waals surface area (Å²) in [7, 11) is 1.63. The highest BCUT2D eigenvalue weighted by Crippen LogP contribution is 2.13. The highest BCUT2D eigenvalue weighted by atomic mass is 16.5.